The van der Waals surface area contributed by atoms with E-state index in [2.05, 4.69) is 0 Å². The predicted octanol–water partition coefficient (Wildman–Crippen LogP) is 0.871. The van der Waals surface area contributed by atoms with Crippen LogP contribution in [0.15, 0.2) is 17.0 Å². The number of hydrogen-bond acceptors (Lipinski definition) is 5. The Balaban J connectivity index is 2.52. The van der Waals surface area contributed by atoms with Gasteiger partial charge in [0.15, 0.2) is 11.5 Å². The lowest BCUT2D eigenvalue weighted by Crippen LogP contribution is -2.50. The van der Waals surface area contributed by atoms with E-state index in [1.807, 2.05) is 0 Å². The summed E-state index contributed by atoms with van der Waals surface area (Å²) in [5, 5.41) is 0. The van der Waals surface area contributed by atoms with Crippen molar-refractivity contribution in [2.24, 2.45) is 5.73 Å². The van der Waals surface area contributed by atoms with Gasteiger partial charge in [-0.25, -0.2) is 12.8 Å². The molecule has 1 aromatic carbocycles. The topological polar surface area (TPSA) is 98.9 Å². The molecule has 1 amide bonds. The molecule has 9 heteroatoms. The fraction of sp³-hybridized carbons (Fsp3) is 0.500. The fourth-order valence-electron chi connectivity index (χ4n) is 2.64. The largest absolute Gasteiger partial charge is 0.493 e. The van der Waals surface area contributed by atoms with Crippen LogP contribution in [0.4, 0.5) is 4.39 Å². The number of benzene rings is 1. The van der Waals surface area contributed by atoms with Gasteiger partial charge in [-0.1, -0.05) is 6.42 Å². The van der Waals surface area contributed by atoms with Gasteiger partial charge in [-0.2, -0.15) is 4.31 Å². The number of primary amides is 1. The number of rotatable bonds is 5. The highest BCUT2D eigenvalue weighted by Gasteiger charge is 2.38. The minimum atomic E-state index is -4.22. The molecule has 1 saturated heterocycles. The molecule has 7 nitrogen and oxygen atoms in total. The predicted molar refractivity (Wildman–Crippen MR) is 80.2 cm³/mol. The first-order valence-corrected chi connectivity index (χ1v) is 8.49. The van der Waals surface area contributed by atoms with Crippen LogP contribution in [-0.2, 0) is 14.8 Å². The van der Waals surface area contributed by atoms with Gasteiger partial charge in [0, 0.05) is 18.7 Å². The summed E-state index contributed by atoms with van der Waals surface area (Å²) in [6.07, 6.45) is 1.59. The maximum absolute atomic E-state index is 14.3. The van der Waals surface area contributed by atoms with Gasteiger partial charge in [0.25, 0.3) is 0 Å². The summed E-state index contributed by atoms with van der Waals surface area (Å²) in [4.78, 5) is 11.0. The summed E-state index contributed by atoms with van der Waals surface area (Å²) in [5.41, 5.74) is 5.29. The highest BCUT2D eigenvalue weighted by atomic mass is 32.2. The SMILES string of the molecule is COc1cc(F)c(S(=O)(=O)N2CCCCC2C(N)=O)cc1OC. The van der Waals surface area contributed by atoms with Crippen LogP contribution in [0.1, 0.15) is 19.3 Å². The van der Waals surface area contributed by atoms with Crippen molar-refractivity contribution in [1.29, 1.82) is 0 Å². The first-order chi connectivity index (χ1) is 10.8. The summed E-state index contributed by atoms with van der Waals surface area (Å²) < 4.78 is 50.7. The molecule has 1 aromatic rings. The molecule has 23 heavy (non-hydrogen) atoms. The van der Waals surface area contributed by atoms with Crippen molar-refractivity contribution in [3.63, 3.8) is 0 Å². The van der Waals surface area contributed by atoms with E-state index in [-0.39, 0.29) is 18.0 Å². The number of hydrogen-bond donors (Lipinski definition) is 1. The minimum Gasteiger partial charge on any atom is -0.493 e. The molecule has 1 unspecified atom stereocenters. The molecule has 2 N–H and O–H groups in total. The van der Waals surface area contributed by atoms with Crippen LogP contribution < -0.4 is 15.2 Å². The second-order valence-corrected chi connectivity index (χ2v) is 7.03. The molecule has 1 fully saturated rings. The van der Waals surface area contributed by atoms with Crippen molar-refractivity contribution in [2.45, 2.75) is 30.2 Å². The van der Waals surface area contributed by atoms with E-state index in [9.17, 15) is 17.6 Å². The molecule has 0 spiro atoms. The number of piperidine rings is 1. The Kier molecular flexibility index (Phi) is 5.10. The first kappa shape index (κ1) is 17.5. The molecule has 0 radical (unpaired) electrons. The van der Waals surface area contributed by atoms with Gasteiger partial charge in [0.05, 0.1) is 14.2 Å². The Morgan fingerprint density at radius 2 is 1.87 bits per heavy atom. The Bertz CT molecular complexity index is 707. The first-order valence-electron chi connectivity index (χ1n) is 7.05. The average molecular weight is 346 g/mol. The summed E-state index contributed by atoms with van der Waals surface area (Å²) in [5.74, 6) is -1.56. The van der Waals surface area contributed by atoms with E-state index in [1.54, 1.807) is 0 Å². The van der Waals surface area contributed by atoms with E-state index >= 15 is 0 Å². The van der Waals surface area contributed by atoms with E-state index in [1.165, 1.54) is 14.2 Å². The Morgan fingerprint density at radius 1 is 1.26 bits per heavy atom. The van der Waals surface area contributed by atoms with Gasteiger partial charge < -0.3 is 15.2 Å². The molecule has 1 aliphatic rings. The number of amides is 1. The van der Waals surface area contributed by atoms with E-state index in [0.717, 1.165) is 16.4 Å². The smallest absolute Gasteiger partial charge is 0.246 e. The molecule has 1 atom stereocenters. The third-order valence-corrected chi connectivity index (χ3v) is 5.73. The van der Waals surface area contributed by atoms with Crippen molar-refractivity contribution in [3.05, 3.63) is 17.9 Å². The standard InChI is InChI=1S/C14H19FN2O5S/c1-21-11-7-9(15)13(8-12(11)22-2)23(19,20)17-6-4-3-5-10(17)14(16)18/h7-8,10H,3-6H2,1-2H3,(H2,16,18). The second kappa shape index (κ2) is 6.71. The maximum Gasteiger partial charge on any atom is 0.246 e. The number of methoxy groups -OCH3 is 2. The quantitative estimate of drug-likeness (QED) is 0.853. The fourth-order valence-corrected chi connectivity index (χ4v) is 4.36. The van der Waals surface area contributed by atoms with Crippen LogP contribution in [0.25, 0.3) is 0 Å². The van der Waals surface area contributed by atoms with Gasteiger partial charge >= 0.3 is 0 Å². The molecule has 128 valence electrons. The lowest BCUT2D eigenvalue weighted by atomic mass is 10.0. The molecule has 1 heterocycles. The number of carbonyl (C=O) groups is 1. The normalized spacial score (nSPS) is 19.3. The van der Waals surface area contributed by atoms with Crippen molar-refractivity contribution in [2.75, 3.05) is 20.8 Å². The van der Waals surface area contributed by atoms with Gasteiger partial charge in [-0.15, -0.1) is 0 Å². The minimum absolute atomic E-state index is 0.0778. The van der Waals surface area contributed by atoms with E-state index < -0.39 is 32.7 Å². The zero-order valence-corrected chi connectivity index (χ0v) is 13.7. The molecule has 0 aliphatic carbocycles. The van der Waals surface area contributed by atoms with Gasteiger partial charge in [0.2, 0.25) is 15.9 Å². The van der Waals surface area contributed by atoms with Crippen molar-refractivity contribution in [3.8, 4) is 11.5 Å². The van der Waals surface area contributed by atoms with Crippen LogP contribution in [0.3, 0.4) is 0 Å². The van der Waals surface area contributed by atoms with Crippen LogP contribution in [0.5, 0.6) is 11.5 Å². The monoisotopic (exact) mass is 346 g/mol. The Morgan fingerprint density at radius 3 is 2.43 bits per heavy atom. The zero-order chi connectivity index (χ0) is 17.2. The molecule has 0 aromatic heterocycles. The third-order valence-electron chi connectivity index (χ3n) is 3.81. The molecule has 1 aliphatic heterocycles. The number of sulfonamides is 1. The van der Waals surface area contributed by atoms with Crippen LogP contribution >= 0.6 is 0 Å². The third kappa shape index (κ3) is 3.25. The Labute approximate surface area is 134 Å². The highest BCUT2D eigenvalue weighted by Crippen LogP contribution is 2.34. The van der Waals surface area contributed by atoms with Gasteiger partial charge in [0.1, 0.15) is 16.8 Å². The van der Waals surface area contributed by atoms with E-state index in [0.29, 0.717) is 19.3 Å². The number of halogens is 1. The van der Waals surface area contributed by atoms with Crippen LogP contribution in [0, 0.1) is 5.82 Å². The molecule has 2 rings (SSSR count). The highest BCUT2D eigenvalue weighted by molar-refractivity contribution is 7.89. The van der Waals surface area contributed by atoms with Crippen LogP contribution in [0.2, 0.25) is 0 Å². The summed E-state index contributed by atoms with van der Waals surface area (Å²) in [6.45, 7) is 0.115. The summed E-state index contributed by atoms with van der Waals surface area (Å²) >= 11 is 0. The number of carbonyl (C=O) groups excluding carboxylic acids is 1. The average Bonchev–Trinajstić information content (AvgIpc) is 2.54. The van der Waals surface area contributed by atoms with Crippen molar-refractivity contribution < 1.29 is 27.1 Å². The number of nitrogens with zero attached hydrogens (tertiary/aromatic N) is 1. The van der Waals surface area contributed by atoms with Crippen molar-refractivity contribution in [1.82, 2.24) is 4.31 Å². The Hall–Kier alpha value is -1.87. The zero-order valence-electron chi connectivity index (χ0n) is 12.9. The van der Waals surface area contributed by atoms with E-state index in [4.69, 9.17) is 15.2 Å². The molecular formula is C14H19FN2O5S. The lowest BCUT2D eigenvalue weighted by Gasteiger charge is -2.32. The second-order valence-electron chi connectivity index (χ2n) is 5.17. The van der Waals surface area contributed by atoms with Crippen LogP contribution in [-0.4, -0.2) is 45.4 Å². The number of nitrogens with two attached hydrogens (primary N) is 1. The maximum atomic E-state index is 14.3. The lowest BCUT2D eigenvalue weighted by molar-refractivity contribution is -0.122. The summed E-state index contributed by atoms with van der Waals surface area (Å²) in [7, 11) is -1.59. The van der Waals surface area contributed by atoms with Crippen molar-refractivity contribution >= 4 is 15.9 Å². The molecule has 0 bridgehead atoms. The van der Waals surface area contributed by atoms with Gasteiger partial charge in [-0.05, 0) is 12.8 Å². The van der Waals surface area contributed by atoms with Gasteiger partial charge in [-0.3, -0.25) is 4.79 Å². The molecule has 0 saturated carbocycles. The molecular weight excluding hydrogens is 327 g/mol. The number of ether oxygens (including phenoxy) is 2. The summed E-state index contributed by atoms with van der Waals surface area (Å²) in [6, 6.07) is 1.02.